The van der Waals surface area contributed by atoms with E-state index in [0.29, 0.717) is 0 Å². The number of rotatable bonds is 3. The van der Waals surface area contributed by atoms with Crippen LogP contribution in [0.25, 0.3) is 6.08 Å². The van der Waals surface area contributed by atoms with Gasteiger partial charge in [0.15, 0.2) is 0 Å². The number of hydrogen-bond donors (Lipinski definition) is 2. The maximum absolute atomic E-state index is 9.53. The highest BCUT2D eigenvalue weighted by Crippen LogP contribution is 2.23. The number of hydrogen-bond acceptors (Lipinski definition) is 3. The third-order valence-electron chi connectivity index (χ3n) is 4.49. The molecule has 1 aromatic carbocycles. The van der Waals surface area contributed by atoms with Crippen LogP contribution in [0.4, 0.5) is 0 Å². The number of aliphatic hydroxyl groups is 1. The molecule has 2 aliphatic rings. The molecule has 0 radical (unpaired) electrons. The van der Waals surface area contributed by atoms with E-state index >= 15 is 0 Å². The van der Waals surface area contributed by atoms with Gasteiger partial charge in [0, 0.05) is 31.9 Å². The molecular formula is C17H24N2O. The van der Waals surface area contributed by atoms with Gasteiger partial charge in [-0.15, -0.1) is 0 Å². The summed E-state index contributed by atoms with van der Waals surface area (Å²) in [7, 11) is 0. The lowest BCUT2D eigenvalue weighted by atomic mass is 9.97. The van der Waals surface area contributed by atoms with E-state index in [-0.39, 0.29) is 6.10 Å². The van der Waals surface area contributed by atoms with Gasteiger partial charge in [0.1, 0.15) is 0 Å². The fourth-order valence-corrected chi connectivity index (χ4v) is 3.12. The van der Waals surface area contributed by atoms with Crippen LogP contribution in [0.1, 0.15) is 36.0 Å². The third-order valence-corrected chi connectivity index (χ3v) is 4.49. The van der Waals surface area contributed by atoms with Crippen molar-refractivity contribution in [3.8, 4) is 0 Å². The predicted octanol–water partition coefficient (Wildman–Crippen LogP) is 2.29. The molecule has 3 heteroatoms. The Hall–Kier alpha value is -1.32. The van der Waals surface area contributed by atoms with E-state index in [1.165, 1.54) is 22.4 Å². The maximum Gasteiger partial charge on any atom is 0.0564 e. The molecule has 0 atom stereocenters. The van der Waals surface area contributed by atoms with Gasteiger partial charge in [-0.25, -0.2) is 0 Å². The summed E-state index contributed by atoms with van der Waals surface area (Å²) in [6.45, 7) is 6.28. The zero-order valence-electron chi connectivity index (χ0n) is 12.2. The van der Waals surface area contributed by atoms with E-state index in [1.807, 2.05) is 0 Å². The molecule has 0 saturated carbocycles. The molecule has 0 aromatic heterocycles. The van der Waals surface area contributed by atoms with Gasteiger partial charge in [-0.1, -0.05) is 18.2 Å². The van der Waals surface area contributed by atoms with E-state index in [0.717, 1.165) is 45.4 Å². The molecule has 3 rings (SSSR count). The molecule has 0 bridgehead atoms. The highest BCUT2D eigenvalue weighted by atomic mass is 16.3. The van der Waals surface area contributed by atoms with Crippen LogP contribution < -0.4 is 5.32 Å². The lowest BCUT2D eigenvalue weighted by molar-refractivity contribution is 0.0830. The highest BCUT2D eigenvalue weighted by molar-refractivity contribution is 5.62. The van der Waals surface area contributed by atoms with Gasteiger partial charge in [-0.3, -0.25) is 0 Å². The van der Waals surface area contributed by atoms with Crippen molar-refractivity contribution in [2.24, 2.45) is 0 Å². The Bertz CT molecular complexity index is 502. The molecule has 1 aromatic rings. The third kappa shape index (κ3) is 3.05. The summed E-state index contributed by atoms with van der Waals surface area (Å²) in [6.07, 6.45) is 5.16. The standard InChI is InChI=1S/C17H24N2O/c1-13-3-2-4-14-12-18-15(11-17(13)14)5-8-19-9-6-16(20)7-10-19/h2-4,11,16,18,20H,5-10,12H2,1H3. The van der Waals surface area contributed by atoms with E-state index in [9.17, 15) is 5.11 Å². The number of fused-ring (bicyclic) bond motifs is 1. The number of nitrogens with zero attached hydrogens (tertiary/aromatic N) is 1. The Morgan fingerprint density at radius 3 is 2.90 bits per heavy atom. The van der Waals surface area contributed by atoms with Crippen LogP contribution in [0.5, 0.6) is 0 Å². The Balaban J connectivity index is 1.60. The first-order valence-corrected chi connectivity index (χ1v) is 7.66. The summed E-state index contributed by atoms with van der Waals surface area (Å²) in [5.41, 5.74) is 5.51. The quantitative estimate of drug-likeness (QED) is 0.886. The summed E-state index contributed by atoms with van der Waals surface area (Å²) in [5, 5.41) is 13.1. The van der Waals surface area contributed by atoms with Crippen molar-refractivity contribution in [1.29, 1.82) is 0 Å². The lowest BCUT2D eigenvalue weighted by Gasteiger charge is -2.30. The Morgan fingerprint density at radius 2 is 2.10 bits per heavy atom. The molecule has 0 amide bonds. The van der Waals surface area contributed by atoms with Gasteiger partial charge in [-0.2, -0.15) is 0 Å². The number of aryl methyl sites for hydroxylation is 1. The minimum atomic E-state index is -0.0761. The Morgan fingerprint density at radius 1 is 1.30 bits per heavy atom. The summed E-state index contributed by atoms with van der Waals surface area (Å²) < 4.78 is 0. The van der Waals surface area contributed by atoms with Crippen molar-refractivity contribution in [2.75, 3.05) is 19.6 Å². The van der Waals surface area contributed by atoms with E-state index < -0.39 is 0 Å². The fourth-order valence-electron chi connectivity index (χ4n) is 3.12. The van der Waals surface area contributed by atoms with E-state index in [1.54, 1.807) is 0 Å². The lowest BCUT2D eigenvalue weighted by Crippen LogP contribution is -2.37. The first-order chi connectivity index (χ1) is 9.72. The van der Waals surface area contributed by atoms with Crippen LogP contribution in [0.15, 0.2) is 23.9 Å². The zero-order chi connectivity index (χ0) is 13.9. The average molecular weight is 272 g/mol. The van der Waals surface area contributed by atoms with Gasteiger partial charge in [0.25, 0.3) is 0 Å². The molecule has 0 spiro atoms. The van der Waals surface area contributed by atoms with Crippen molar-refractivity contribution in [2.45, 2.75) is 38.8 Å². The molecule has 2 N–H and O–H groups in total. The van der Waals surface area contributed by atoms with Gasteiger partial charge >= 0.3 is 0 Å². The molecule has 1 saturated heterocycles. The average Bonchev–Trinajstić information content (AvgIpc) is 2.47. The first kappa shape index (κ1) is 13.7. The minimum absolute atomic E-state index is 0.0761. The van der Waals surface area contributed by atoms with Crippen LogP contribution in [0.2, 0.25) is 0 Å². The Kier molecular flexibility index (Phi) is 4.08. The van der Waals surface area contributed by atoms with Crippen LogP contribution in [0, 0.1) is 6.92 Å². The highest BCUT2D eigenvalue weighted by Gasteiger charge is 2.17. The maximum atomic E-state index is 9.53. The van der Waals surface area contributed by atoms with Crippen molar-refractivity contribution in [3.63, 3.8) is 0 Å². The number of nitrogens with one attached hydrogen (secondary N) is 1. The number of aliphatic hydroxyl groups excluding tert-OH is 1. The van der Waals surface area contributed by atoms with Crippen molar-refractivity contribution in [3.05, 3.63) is 40.6 Å². The van der Waals surface area contributed by atoms with Gasteiger partial charge in [0.2, 0.25) is 0 Å². The molecular weight excluding hydrogens is 248 g/mol. The molecule has 2 heterocycles. The predicted molar refractivity (Wildman–Crippen MR) is 82.3 cm³/mol. The number of likely N-dealkylation sites (tertiary alicyclic amines) is 1. The van der Waals surface area contributed by atoms with Gasteiger partial charge in [0.05, 0.1) is 6.10 Å². The Labute approximate surface area is 121 Å². The second-order valence-corrected chi connectivity index (χ2v) is 5.99. The van der Waals surface area contributed by atoms with Crippen molar-refractivity contribution >= 4 is 6.08 Å². The van der Waals surface area contributed by atoms with Crippen LogP contribution in [-0.2, 0) is 6.54 Å². The number of benzene rings is 1. The molecule has 1 fully saturated rings. The second-order valence-electron chi connectivity index (χ2n) is 5.99. The molecule has 0 aliphatic carbocycles. The topological polar surface area (TPSA) is 35.5 Å². The first-order valence-electron chi connectivity index (χ1n) is 7.66. The summed E-state index contributed by atoms with van der Waals surface area (Å²) in [5.74, 6) is 0. The minimum Gasteiger partial charge on any atom is -0.393 e. The smallest absolute Gasteiger partial charge is 0.0564 e. The summed E-state index contributed by atoms with van der Waals surface area (Å²) >= 11 is 0. The molecule has 20 heavy (non-hydrogen) atoms. The van der Waals surface area contributed by atoms with Crippen LogP contribution >= 0.6 is 0 Å². The molecule has 108 valence electrons. The van der Waals surface area contributed by atoms with Crippen molar-refractivity contribution in [1.82, 2.24) is 10.2 Å². The van der Waals surface area contributed by atoms with Gasteiger partial charge < -0.3 is 15.3 Å². The largest absolute Gasteiger partial charge is 0.393 e. The summed E-state index contributed by atoms with van der Waals surface area (Å²) in [6, 6.07) is 6.52. The van der Waals surface area contributed by atoms with E-state index in [2.05, 4.69) is 41.4 Å². The molecule has 2 aliphatic heterocycles. The van der Waals surface area contributed by atoms with Crippen LogP contribution in [-0.4, -0.2) is 35.7 Å². The summed E-state index contributed by atoms with van der Waals surface area (Å²) in [4.78, 5) is 2.46. The van der Waals surface area contributed by atoms with E-state index in [4.69, 9.17) is 0 Å². The number of piperidine rings is 1. The second kappa shape index (κ2) is 5.98. The SMILES string of the molecule is Cc1cccc2c1C=C(CCN1CCC(O)CC1)NC2. The normalized spacial score (nSPS) is 20.2. The molecule has 0 unspecified atom stereocenters. The van der Waals surface area contributed by atoms with Crippen LogP contribution in [0.3, 0.4) is 0 Å². The van der Waals surface area contributed by atoms with Crippen molar-refractivity contribution < 1.29 is 5.11 Å². The van der Waals surface area contributed by atoms with Gasteiger partial charge in [-0.05, 0) is 49.0 Å². The zero-order valence-corrected chi connectivity index (χ0v) is 12.2. The molecule has 3 nitrogen and oxygen atoms in total. The fraction of sp³-hybridized carbons (Fsp3) is 0.529. The monoisotopic (exact) mass is 272 g/mol.